The number of benzene rings is 1. The van der Waals surface area contributed by atoms with Crippen LogP contribution in [0.3, 0.4) is 0 Å². The minimum Gasteiger partial charge on any atom is -0.326 e. The van der Waals surface area contributed by atoms with Crippen LogP contribution in [0.25, 0.3) is 0 Å². The summed E-state index contributed by atoms with van der Waals surface area (Å²) in [6, 6.07) is 10.9. The zero-order chi connectivity index (χ0) is 15.5. The van der Waals surface area contributed by atoms with Crippen LogP contribution in [-0.4, -0.2) is 24.8 Å². The molecule has 0 spiro atoms. The van der Waals surface area contributed by atoms with E-state index in [-0.39, 0.29) is 5.03 Å². The molecule has 0 aliphatic carbocycles. The summed E-state index contributed by atoms with van der Waals surface area (Å²) in [5.41, 5.74) is 8.33. The van der Waals surface area contributed by atoms with Crippen LogP contribution >= 0.6 is 0 Å². The molecule has 112 valence electrons. The molecule has 1 aromatic heterocycles. The molecule has 2 rings (SSSR count). The lowest BCUT2D eigenvalue weighted by atomic mass is 10.1. The topological polar surface area (TPSA) is 76.3 Å². The monoisotopic (exact) mass is 305 g/mol. The molecule has 0 radical (unpaired) electrons. The number of rotatable bonds is 5. The molecule has 0 saturated carbocycles. The van der Waals surface area contributed by atoms with E-state index in [9.17, 15) is 8.42 Å². The van der Waals surface area contributed by atoms with Gasteiger partial charge in [0.1, 0.15) is 0 Å². The maximum absolute atomic E-state index is 12.5. The Morgan fingerprint density at radius 1 is 1.19 bits per heavy atom. The molecule has 0 fully saturated rings. The van der Waals surface area contributed by atoms with E-state index in [1.54, 1.807) is 13.1 Å². The molecule has 0 aliphatic rings. The highest BCUT2D eigenvalue weighted by molar-refractivity contribution is 7.89. The number of hydrogen-bond acceptors (Lipinski definition) is 4. The average Bonchev–Trinajstić information content (AvgIpc) is 2.47. The first-order valence-electron chi connectivity index (χ1n) is 6.60. The van der Waals surface area contributed by atoms with Gasteiger partial charge >= 0.3 is 0 Å². The summed E-state index contributed by atoms with van der Waals surface area (Å²) in [6.07, 6.45) is 1.49. The zero-order valence-corrected chi connectivity index (χ0v) is 13.0. The molecule has 0 amide bonds. The molecule has 1 heterocycles. The third-order valence-electron chi connectivity index (χ3n) is 3.20. The number of sulfonamides is 1. The van der Waals surface area contributed by atoms with Gasteiger partial charge in [-0.05, 0) is 24.1 Å². The SMILES string of the molecule is Cc1cccc(CN(C)S(=O)(=O)c2ccc(CN)cn2)c1. The van der Waals surface area contributed by atoms with Gasteiger partial charge in [0.15, 0.2) is 5.03 Å². The maximum Gasteiger partial charge on any atom is 0.260 e. The molecule has 2 N–H and O–H groups in total. The maximum atomic E-state index is 12.5. The molecule has 0 saturated heterocycles. The Bertz CT molecular complexity index is 712. The number of aryl methyl sites for hydroxylation is 1. The summed E-state index contributed by atoms with van der Waals surface area (Å²) in [6.45, 7) is 2.63. The Balaban J connectivity index is 2.21. The minimum atomic E-state index is -3.59. The highest BCUT2D eigenvalue weighted by atomic mass is 32.2. The predicted molar refractivity (Wildman–Crippen MR) is 82.0 cm³/mol. The summed E-state index contributed by atoms with van der Waals surface area (Å²) in [4.78, 5) is 3.99. The van der Waals surface area contributed by atoms with Crippen molar-refractivity contribution in [2.75, 3.05) is 7.05 Å². The Morgan fingerprint density at radius 2 is 1.95 bits per heavy atom. The van der Waals surface area contributed by atoms with E-state index < -0.39 is 10.0 Å². The van der Waals surface area contributed by atoms with Gasteiger partial charge in [-0.2, -0.15) is 4.31 Å². The number of hydrogen-bond donors (Lipinski definition) is 1. The van der Waals surface area contributed by atoms with E-state index in [0.29, 0.717) is 13.1 Å². The van der Waals surface area contributed by atoms with Crippen molar-refractivity contribution in [1.29, 1.82) is 0 Å². The normalized spacial score (nSPS) is 11.8. The fraction of sp³-hybridized carbons (Fsp3) is 0.267. The van der Waals surface area contributed by atoms with E-state index in [1.807, 2.05) is 31.2 Å². The number of pyridine rings is 1. The molecular weight excluding hydrogens is 286 g/mol. The Labute approximate surface area is 125 Å². The lowest BCUT2D eigenvalue weighted by molar-refractivity contribution is 0.463. The molecule has 6 heteroatoms. The predicted octanol–water partition coefficient (Wildman–Crippen LogP) is 1.67. The van der Waals surface area contributed by atoms with Crippen LogP contribution < -0.4 is 5.73 Å². The van der Waals surface area contributed by atoms with Gasteiger partial charge in [0.2, 0.25) is 0 Å². The summed E-state index contributed by atoms with van der Waals surface area (Å²) < 4.78 is 26.2. The molecule has 2 aromatic rings. The zero-order valence-electron chi connectivity index (χ0n) is 12.2. The Morgan fingerprint density at radius 3 is 2.52 bits per heavy atom. The van der Waals surface area contributed by atoms with Crippen LogP contribution in [0.4, 0.5) is 0 Å². The third kappa shape index (κ3) is 3.66. The standard InChI is InChI=1S/C15H19N3O2S/c1-12-4-3-5-13(8-12)11-18(2)21(19,20)15-7-6-14(9-16)10-17-15/h3-8,10H,9,11,16H2,1-2H3. The van der Waals surface area contributed by atoms with Crippen molar-refractivity contribution in [3.05, 3.63) is 59.3 Å². The van der Waals surface area contributed by atoms with Crippen molar-refractivity contribution in [3.63, 3.8) is 0 Å². The molecule has 0 aliphatic heterocycles. The van der Waals surface area contributed by atoms with Crippen LogP contribution in [0.2, 0.25) is 0 Å². The quantitative estimate of drug-likeness (QED) is 0.911. The Kier molecular flexibility index (Phi) is 4.72. The number of aromatic nitrogens is 1. The van der Waals surface area contributed by atoms with Gasteiger partial charge in [-0.1, -0.05) is 35.9 Å². The second-order valence-corrected chi connectivity index (χ2v) is 6.95. The molecule has 1 aromatic carbocycles. The summed E-state index contributed by atoms with van der Waals surface area (Å²) in [5, 5.41) is 0.0369. The lowest BCUT2D eigenvalue weighted by Gasteiger charge is -2.17. The fourth-order valence-corrected chi connectivity index (χ4v) is 3.06. The minimum absolute atomic E-state index is 0.0369. The van der Waals surface area contributed by atoms with Gasteiger partial charge in [-0.15, -0.1) is 0 Å². The van der Waals surface area contributed by atoms with Crippen molar-refractivity contribution in [1.82, 2.24) is 9.29 Å². The molecule has 5 nitrogen and oxygen atoms in total. The summed E-state index contributed by atoms with van der Waals surface area (Å²) >= 11 is 0. The Hall–Kier alpha value is -1.76. The second kappa shape index (κ2) is 6.34. The van der Waals surface area contributed by atoms with Gasteiger partial charge in [0, 0.05) is 26.3 Å². The van der Waals surface area contributed by atoms with Crippen molar-refractivity contribution < 1.29 is 8.42 Å². The largest absolute Gasteiger partial charge is 0.326 e. The van der Waals surface area contributed by atoms with Gasteiger partial charge in [-0.3, -0.25) is 0 Å². The van der Waals surface area contributed by atoms with E-state index >= 15 is 0 Å². The van der Waals surface area contributed by atoms with Crippen molar-refractivity contribution in [2.45, 2.75) is 25.0 Å². The van der Waals surface area contributed by atoms with Crippen molar-refractivity contribution >= 4 is 10.0 Å². The van der Waals surface area contributed by atoms with Gasteiger partial charge in [0.05, 0.1) is 0 Å². The van der Waals surface area contributed by atoms with E-state index in [4.69, 9.17) is 5.73 Å². The third-order valence-corrected chi connectivity index (χ3v) is 4.92. The fourth-order valence-electron chi connectivity index (χ4n) is 2.00. The first kappa shape index (κ1) is 15.6. The first-order valence-corrected chi connectivity index (χ1v) is 8.04. The molecule has 0 unspecified atom stereocenters. The van der Waals surface area contributed by atoms with E-state index in [2.05, 4.69) is 4.98 Å². The van der Waals surface area contributed by atoms with Crippen LogP contribution in [0.15, 0.2) is 47.6 Å². The number of nitrogens with two attached hydrogens (primary N) is 1. The molecule has 0 atom stereocenters. The van der Waals surface area contributed by atoms with Crippen LogP contribution in [0.1, 0.15) is 16.7 Å². The van der Waals surface area contributed by atoms with Gasteiger partial charge in [0.25, 0.3) is 10.0 Å². The van der Waals surface area contributed by atoms with Crippen molar-refractivity contribution in [3.8, 4) is 0 Å². The van der Waals surface area contributed by atoms with E-state index in [1.165, 1.54) is 16.6 Å². The smallest absolute Gasteiger partial charge is 0.260 e. The van der Waals surface area contributed by atoms with Crippen molar-refractivity contribution in [2.24, 2.45) is 5.73 Å². The van der Waals surface area contributed by atoms with Crippen LogP contribution in [0, 0.1) is 6.92 Å². The van der Waals surface area contributed by atoms with E-state index in [0.717, 1.165) is 16.7 Å². The van der Waals surface area contributed by atoms with Crippen LogP contribution in [0.5, 0.6) is 0 Å². The second-order valence-electron chi connectivity index (χ2n) is 4.96. The first-order chi connectivity index (χ1) is 9.93. The van der Waals surface area contributed by atoms with Crippen LogP contribution in [-0.2, 0) is 23.1 Å². The van der Waals surface area contributed by atoms with Gasteiger partial charge < -0.3 is 5.73 Å². The number of nitrogens with zero attached hydrogens (tertiary/aromatic N) is 2. The van der Waals surface area contributed by atoms with Gasteiger partial charge in [-0.25, -0.2) is 13.4 Å². The highest BCUT2D eigenvalue weighted by Gasteiger charge is 2.22. The molecule has 21 heavy (non-hydrogen) atoms. The summed E-state index contributed by atoms with van der Waals surface area (Å²) in [7, 11) is -2.04. The highest BCUT2D eigenvalue weighted by Crippen LogP contribution is 2.15. The lowest BCUT2D eigenvalue weighted by Crippen LogP contribution is -2.27. The summed E-state index contributed by atoms with van der Waals surface area (Å²) in [5.74, 6) is 0. The molecular formula is C15H19N3O2S. The molecule has 0 bridgehead atoms. The average molecular weight is 305 g/mol.